The van der Waals surface area contributed by atoms with E-state index >= 15 is 0 Å². The summed E-state index contributed by atoms with van der Waals surface area (Å²) in [5.41, 5.74) is 5.96. The van der Waals surface area contributed by atoms with E-state index in [-0.39, 0.29) is 12.4 Å². The van der Waals surface area contributed by atoms with Gasteiger partial charge < -0.3 is 14.5 Å². The number of H-pyrrole nitrogens is 1. The maximum absolute atomic E-state index is 12.1. The predicted molar refractivity (Wildman–Crippen MR) is 93.2 cm³/mol. The summed E-state index contributed by atoms with van der Waals surface area (Å²) in [6.07, 6.45) is 6.00. The Labute approximate surface area is 142 Å². The van der Waals surface area contributed by atoms with Crippen LogP contribution in [0.1, 0.15) is 55.5 Å². The van der Waals surface area contributed by atoms with Crippen molar-refractivity contribution in [1.82, 2.24) is 4.98 Å². The first-order valence-electron chi connectivity index (χ1n) is 9.08. The average Bonchev–Trinajstić information content (AvgIpc) is 2.96. The Kier molecular flexibility index (Phi) is 3.87. The van der Waals surface area contributed by atoms with E-state index in [0.717, 1.165) is 18.5 Å². The summed E-state index contributed by atoms with van der Waals surface area (Å²) in [7, 11) is 0. The van der Waals surface area contributed by atoms with Crippen LogP contribution in [0.4, 0.5) is 0 Å². The molecule has 1 aliphatic heterocycles. The minimum absolute atomic E-state index is 0.200. The number of ether oxygens (including phenoxy) is 2. The zero-order valence-electron chi connectivity index (χ0n) is 14.5. The van der Waals surface area contributed by atoms with Crippen molar-refractivity contribution in [2.75, 3.05) is 13.2 Å². The Balaban J connectivity index is 1.81. The lowest BCUT2D eigenvalue weighted by Crippen LogP contribution is -2.35. The van der Waals surface area contributed by atoms with Crippen molar-refractivity contribution in [1.29, 1.82) is 0 Å². The predicted octanol–water partition coefficient (Wildman–Crippen LogP) is 3.79. The van der Waals surface area contributed by atoms with E-state index in [1.807, 2.05) is 13.8 Å². The smallest absolute Gasteiger partial charge is 0.309 e. The van der Waals surface area contributed by atoms with Crippen LogP contribution >= 0.6 is 0 Å². The molecule has 1 aliphatic carbocycles. The molecule has 0 saturated carbocycles. The highest BCUT2D eigenvalue weighted by molar-refractivity contribution is 5.89. The summed E-state index contributed by atoms with van der Waals surface area (Å²) in [5.74, 6) is -0.200. The van der Waals surface area contributed by atoms with Gasteiger partial charge in [0.05, 0.1) is 25.3 Å². The number of carbonyl (C=O) groups is 1. The van der Waals surface area contributed by atoms with Crippen LogP contribution in [0, 0.1) is 0 Å². The lowest BCUT2D eigenvalue weighted by atomic mass is 9.88. The zero-order valence-corrected chi connectivity index (χ0v) is 14.5. The Morgan fingerprint density at radius 1 is 1.25 bits per heavy atom. The molecule has 0 bridgehead atoms. The van der Waals surface area contributed by atoms with Crippen LogP contribution in [0.15, 0.2) is 12.1 Å². The molecule has 0 fully saturated rings. The van der Waals surface area contributed by atoms with Crippen molar-refractivity contribution in [2.45, 2.75) is 58.0 Å². The van der Waals surface area contributed by atoms with E-state index in [4.69, 9.17) is 9.47 Å². The average molecular weight is 327 g/mol. The second kappa shape index (κ2) is 5.92. The number of fused-ring (bicyclic) bond motifs is 5. The maximum atomic E-state index is 12.1. The number of esters is 1. The zero-order chi connectivity index (χ0) is 16.7. The van der Waals surface area contributed by atoms with E-state index in [1.165, 1.54) is 46.9 Å². The van der Waals surface area contributed by atoms with Crippen molar-refractivity contribution >= 4 is 16.9 Å². The van der Waals surface area contributed by atoms with Crippen molar-refractivity contribution in [2.24, 2.45) is 0 Å². The third kappa shape index (κ3) is 2.44. The van der Waals surface area contributed by atoms with Gasteiger partial charge in [-0.3, -0.25) is 4.79 Å². The van der Waals surface area contributed by atoms with Crippen molar-refractivity contribution in [3.05, 3.63) is 34.5 Å². The van der Waals surface area contributed by atoms with Crippen LogP contribution < -0.4 is 0 Å². The van der Waals surface area contributed by atoms with Crippen molar-refractivity contribution in [3.8, 4) is 0 Å². The van der Waals surface area contributed by atoms with Gasteiger partial charge in [-0.05, 0) is 62.6 Å². The lowest BCUT2D eigenvalue weighted by Gasteiger charge is -2.33. The quantitative estimate of drug-likeness (QED) is 0.873. The van der Waals surface area contributed by atoms with Gasteiger partial charge in [0.1, 0.15) is 5.60 Å². The fourth-order valence-electron chi connectivity index (χ4n) is 4.35. The Morgan fingerprint density at radius 2 is 2.08 bits per heavy atom. The number of aryl methyl sites for hydroxylation is 2. The van der Waals surface area contributed by atoms with Gasteiger partial charge in [-0.25, -0.2) is 0 Å². The summed E-state index contributed by atoms with van der Waals surface area (Å²) in [6.45, 7) is 4.89. The minimum Gasteiger partial charge on any atom is -0.466 e. The summed E-state index contributed by atoms with van der Waals surface area (Å²) in [5, 5.41) is 1.31. The van der Waals surface area contributed by atoms with E-state index in [9.17, 15) is 4.79 Å². The molecule has 2 aliphatic rings. The third-order valence-corrected chi connectivity index (χ3v) is 5.50. The van der Waals surface area contributed by atoms with Gasteiger partial charge in [0, 0.05) is 10.9 Å². The van der Waals surface area contributed by atoms with Gasteiger partial charge in [-0.15, -0.1) is 0 Å². The van der Waals surface area contributed by atoms with Crippen LogP contribution in [0.2, 0.25) is 0 Å². The number of carbonyl (C=O) groups excluding carboxylic acids is 1. The minimum atomic E-state index is -0.625. The number of nitrogens with one attached hydrogen (secondary N) is 1. The van der Waals surface area contributed by atoms with Crippen molar-refractivity contribution < 1.29 is 14.3 Å². The second-order valence-electron chi connectivity index (χ2n) is 7.12. The van der Waals surface area contributed by atoms with E-state index in [0.29, 0.717) is 13.2 Å². The monoisotopic (exact) mass is 327 g/mol. The van der Waals surface area contributed by atoms with E-state index in [2.05, 4.69) is 17.1 Å². The Bertz CT molecular complexity index is 792. The van der Waals surface area contributed by atoms with Crippen LogP contribution in [0.25, 0.3) is 10.9 Å². The van der Waals surface area contributed by atoms with Gasteiger partial charge in [-0.2, -0.15) is 0 Å². The highest BCUT2D eigenvalue weighted by atomic mass is 16.5. The van der Waals surface area contributed by atoms with Crippen LogP contribution in [0.5, 0.6) is 0 Å². The molecule has 0 spiro atoms. The number of aromatic amines is 1. The highest BCUT2D eigenvalue weighted by Crippen LogP contribution is 2.41. The standard InChI is InChI=1S/C20H25NO3/c1-3-23-17(22)12-20(2)19-16(10-11-24-20)15-9-8-13-6-4-5-7-14(13)18(15)21-19/h8-9,21H,3-7,10-12H2,1-2H3. The maximum Gasteiger partial charge on any atom is 0.309 e. The molecule has 1 atom stereocenters. The molecule has 0 amide bonds. The van der Waals surface area contributed by atoms with E-state index < -0.39 is 5.60 Å². The molecule has 24 heavy (non-hydrogen) atoms. The molecule has 1 aromatic heterocycles. The highest BCUT2D eigenvalue weighted by Gasteiger charge is 2.39. The molecule has 1 N–H and O–H groups in total. The van der Waals surface area contributed by atoms with Gasteiger partial charge in [0.2, 0.25) is 0 Å². The fraction of sp³-hybridized carbons (Fsp3) is 0.550. The Morgan fingerprint density at radius 3 is 2.92 bits per heavy atom. The molecule has 4 nitrogen and oxygen atoms in total. The molecule has 2 heterocycles. The number of hydrogen-bond donors (Lipinski definition) is 1. The molecule has 0 saturated heterocycles. The van der Waals surface area contributed by atoms with Crippen LogP contribution in [-0.4, -0.2) is 24.2 Å². The first-order valence-corrected chi connectivity index (χ1v) is 9.08. The molecule has 1 aromatic carbocycles. The Hall–Kier alpha value is -1.81. The number of rotatable bonds is 3. The number of hydrogen-bond acceptors (Lipinski definition) is 3. The molecular formula is C20H25NO3. The largest absolute Gasteiger partial charge is 0.466 e. The summed E-state index contributed by atoms with van der Waals surface area (Å²) >= 11 is 0. The molecule has 4 heteroatoms. The van der Waals surface area contributed by atoms with Gasteiger partial charge >= 0.3 is 5.97 Å². The molecule has 4 rings (SSSR count). The summed E-state index contributed by atoms with van der Waals surface area (Å²) < 4.78 is 11.2. The number of aromatic nitrogens is 1. The van der Waals surface area contributed by atoms with E-state index in [1.54, 1.807) is 0 Å². The van der Waals surface area contributed by atoms with Gasteiger partial charge in [0.15, 0.2) is 0 Å². The van der Waals surface area contributed by atoms with Gasteiger partial charge in [-0.1, -0.05) is 12.1 Å². The molecular weight excluding hydrogens is 302 g/mol. The second-order valence-corrected chi connectivity index (χ2v) is 7.12. The third-order valence-electron chi connectivity index (χ3n) is 5.50. The molecule has 0 radical (unpaired) electrons. The van der Waals surface area contributed by atoms with Crippen LogP contribution in [-0.2, 0) is 39.1 Å². The fourth-order valence-corrected chi connectivity index (χ4v) is 4.35. The summed E-state index contributed by atoms with van der Waals surface area (Å²) in [4.78, 5) is 15.7. The first kappa shape index (κ1) is 15.7. The molecule has 2 aromatic rings. The molecule has 128 valence electrons. The lowest BCUT2D eigenvalue weighted by molar-refractivity contribution is -0.152. The normalized spacial score (nSPS) is 22.9. The topological polar surface area (TPSA) is 51.3 Å². The van der Waals surface area contributed by atoms with Crippen molar-refractivity contribution in [3.63, 3.8) is 0 Å². The number of benzene rings is 1. The summed E-state index contributed by atoms with van der Waals surface area (Å²) in [6, 6.07) is 4.55. The van der Waals surface area contributed by atoms with Crippen LogP contribution in [0.3, 0.4) is 0 Å². The van der Waals surface area contributed by atoms with Gasteiger partial charge in [0.25, 0.3) is 0 Å². The SMILES string of the molecule is CCOC(=O)CC1(C)OCCc2c1[nH]c1c3c(ccc21)CCCC3. The molecule has 1 unspecified atom stereocenters. The first-order chi connectivity index (χ1) is 11.6.